The Morgan fingerprint density at radius 2 is 1.86 bits per heavy atom. The molecular formula is C27H40N6O2. The minimum absolute atomic E-state index is 0.419. The van der Waals surface area contributed by atoms with Crippen molar-refractivity contribution in [3.8, 4) is 5.75 Å². The van der Waals surface area contributed by atoms with Gasteiger partial charge < -0.3 is 30.8 Å². The summed E-state index contributed by atoms with van der Waals surface area (Å²) >= 11 is 0. The lowest BCUT2D eigenvalue weighted by Crippen LogP contribution is -2.60. The summed E-state index contributed by atoms with van der Waals surface area (Å²) in [7, 11) is 1.60. The molecule has 0 amide bonds. The van der Waals surface area contributed by atoms with Crippen LogP contribution in [0, 0.1) is 5.92 Å². The Kier molecular flexibility index (Phi) is 8.49. The van der Waals surface area contributed by atoms with Crippen molar-refractivity contribution in [1.82, 2.24) is 9.99 Å². The Morgan fingerprint density at radius 3 is 2.37 bits per heavy atom. The van der Waals surface area contributed by atoms with Crippen LogP contribution in [-0.2, 0) is 10.3 Å². The van der Waals surface area contributed by atoms with Crippen LogP contribution in [0.4, 0.5) is 5.69 Å². The van der Waals surface area contributed by atoms with Gasteiger partial charge in [-0.2, -0.15) is 0 Å². The Hall–Kier alpha value is -2.81. The highest BCUT2D eigenvalue weighted by Crippen LogP contribution is 2.36. The Morgan fingerprint density at radius 1 is 1.14 bits per heavy atom. The molecule has 8 nitrogen and oxygen atoms in total. The number of methoxy groups -OCH3 is 1. The summed E-state index contributed by atoms with van der Waals surface area (Å²) in [5, 5.41) is 1.67. The quantitative estimate of drug-likeness (QED) is 0.409. The molecule has 3 heterocycles. The number of hydrogen-bond donors (Lipinski definition) is 3. The molecule has 190 valence electrons. The summed E-state index contributed by atoms with van der Waals surface area (Å²) in [6.45, 7) is 4.22. The van der Waals surface area contributed by atoms with Crippen LogP contribution in [0.2, 0.25) is 0 Å². The second-order valence-electron chi connectivity index (χ2n) is 9.76. The first-order chi connectivity index (χ1) is 17.1. The monoisotopic (exact) mass is 480 g/mol. The molecule has 35 heavy (non-hydrogen) atoms. The number of rotatable bonds is 7. The number of pyridine rings is 1. The molecule has 3 fully saturated rings. The molecule has 0 atom stereocenters. The molecule has 2 aliphatic heterocycles. The summed E-state index contributed by atoms with van der Waals surface area (Å²) < 4.78 is 10.8. The van der Waals surface area contributed by atoms with E-state index in [-0.39, 0.29) is 0 Å². The van der Waals surface area contributed by atoms with Gasteiger partial charge in [0.2, 0.25) is 0 Å². The fourth-order valence-corrected chi connectivity index (χ4v) is 4.66. The van der Waals surface area contributed by atoms with Crippen molar-refractivity contribution in [2.24, 2.45) is 23.2 Å². The standard InChI is InChI=1S/C22H29N5O2.C5H11N/c1-28-20-11-17(12-25-13-20)21(23)14-27(24)22(15-29-16-22)18-5-7-19(8-6-18)26-9-3-2-4-10-26;6-4-5-2-1-3-5/h5-8,11-14H,2-4,9-10,15-16,23-24H2,1H3;5H,1-4,6H2/b21-14-;. The van der Waals surface area contributed by atoms with Crippen LogP contribution in [0.1, 0.15) is 49.7 Å². The van der Waals surface area contributed by atoms with Gasteiger partial charge in [-0.3, -0.25) is 4.98 Å². The predicted octanol–water partition coefficient (Wildman–Crippen LogP) is 3.18. The van der Waals surface area contributed by atoms with Crippen molar-refractivity contribution < 1.29 is 9.47 Å². The topological polar surface area (TPSA) is 116 Å². The first-order valence-corrected chi connectivity index (χ1v) is 12.7. The lowest BCUT2D eigenvalue weighted by Gasteiger charge is -2.47. The van der Waals surface area contributed by atoms with Gasteiger partial charge in [0.05, 0.1) is 32.2 Å². The van der Waals surface area contributed by atoms with E-state index < -0.39 is 5.54 Å². The first kappa shape index (κ1) is 25.3. The number of piperidine rings is 1. The van der Waals surface area contributed by atoms with Crippen LogP contribution in [-0.4, -0.2) is 50.0 Å². The van der Waals surface area contributed by atoms with Crippen molar-refractivity contribution in [3.63, 3.8) is 0 Å². The molecule has 1 aromatic carbocycles. The Labute approximate surface area is 209 Å². The maximum absolute atomic E-state index is 6.47. The molecule has 2 saturated heterocycles. The summed E-state index contributed by atoms with van der Waals surface area (Å²) in [6, 6.07) is 10.5. The van der Waals surface area contributed by atoms with Crippen molar-refractivity contribution in [3.05, 3.63) is 60.1 Å². The zero-order chi connectivity index (χ0) is 24.7. The lowest BCUT2D eigenvalue weighted by atomic mass is 9.86. The van der Waals surface area contributed by atoms with Crippen molar-refractivity contribution in [2.75, 3.05) is 44.9 Å². The molecule has 0 unspecified atom stereocenters. The zero-order valence-electron chi connectivity index (χ0n) is 20.9. The van der Waals surface area contributed by atoms with Gasteiger partial charge >= 0.3 is 0 Å². The van der Waals surface area contributed by atoms with E-state index in [0.717, 1.165) is 36.7 Å². The van der Waals surface area contributed by atoms with Crippen LogP contribution < -0.4 is 26.9 Å². The van der Waals surface area contributed by atoms with Crippen LogP contribution in [0.15, 0.2) is 48.9 Å². The average molecular weight is 481 g/mol. The third-order valence-corrected chi connectivity index (χ3v) is 7.42. The number of nitrogens with two attached hydrogens (primary N) is 3. The second kappa shape index (κ2) is 11.7. The molecule has 8 heteroatoms. The SMILES string of the molecule is COc1cncc(/C(N)=C/N(N)C2(c3ccc(N4CCCCC4)cc3)COC2)c1.NCC1CCC1. The number of hydrazine groups is 1. The van der Waals surface area contributed by atoms with Crippen molar-refractivity contribution in [2.45, 2.75) is 44.1 Å². The summed E-state index contributed by atoms with van der Waals surface area (Å²) in [5.41, 5.74) is 14.9. The summed E-state index contributed by atoms with van der Waals surface area (Å²) in [5.74, 6) is 8.01. The van der Waals surface area contributed by atoms with Gasteiger partial charge in [0.25, 0.3) is 0 Å². The van der Waals surface area contributed by atoms with Crippen LogP contribution in [0.5, 0.6) is 5.75 Å². The van der Waals surface area contributed by atoms with E-state index in [4.69, 9.17) is 26.8 Å². The van der Waals surface area contributed by atoms with E-state index in [9.17, 15) is 0 Å². The Bertz CT molecular complexity index is 963. The average Bonchev–Trinajstić information content (AvgIpc) is 2.84. The van der Waals surface area contributed by atoms with Gasteiger partial charge in [0, 0.05) is 36.7 Å². The molecular weight excluding hydrogens is 440 g/mol. The molecule has 1 saturated carbocycles. The van der Waals surface area contributed by atoms with Gasteiger partial charge in [-0.1, -0.05) is 18.6 Å². The van der Waals surface area contributed by atoms with Gasteiger partial charge in [-0.25, -0.2) is 5.84 Å². The third-order valence-electron chi connectivity index (χ3n) is 7.42. The fourth-order valence-electron chi connectivity index (χ4n) is 4.66. The van der Waals surface area contributed by atoms with E-state index in [2.05, 4.69) is 34.1 Å². The second-order valence-corrected chi connectivity index (χ2v) is 9.76. The van der Waals surface area contributed by atoms with Crippen LogP contribution in [0.3, 0.4) is 0 Å². The number of ether oxygens (including phenoxy) is 2. The van der Waals surface area contributed by atoms with Crippen LogP contribution in [0.25, 0.3) is 5.70 Å². The van der Waals surface area contributed by atoms with Crippen LogP contribution >= 0.6 is 0 Å². The largest absolute Gasteiger partial charge is 0.495 e. The number of nitrogens with zero attached hydrogens (tertiary/aromatic N) is 3. The molecule has 5 rings (SSSR count). The van der Waals surface area contributed by atoms with Crippen molar-refractivity contribution in [1.29, 1.82) is 0 Å². The minimum atomic E-state index is -0.419. The maximum Gasteiger partial charge on any atom is 0.137 e. The highest BCUT2D eigenvalue weighted by atomic mass is 16.5. The number of anilines is 1. The van der Waals surface area contributed by atoms with Gasteiger partial charge in [0.1, 0.15) is 11.3 Å². The number of hydrogen-bond acceptors (Lipinski definition) is 8. The normalized spacial score (nSPS) is 19.6. The van der Waals surface area contributed by atoms with Gasteiger partial charge in [-0.15, -0.1) is 0 Å². The smallest absolute Gasteiger partial charge is 0.137 e. The highest BCUT2D eigenvalue weighted by molar-refractivity contribution is 5.62. The molecule has 1 aromatic heterocycles. The first-order valence-electron chi connectivity index (χ1n) is 12.7. The number of aromatic nitrogens is 1. The molecule has 6 N–H and O–H groups in total. The molecule has 0 radical (unpaired) electrons. The third kappa shape index (κ3) is 5.89. The molecule has 3 aliphatic rings. The van der Waals surface area contributed by atoms with E-state index in [1.165, 1.54) is 44.2 Å². The Balaban J connectivity index is 0.000000421. The van der Waals surface area contributed by atoms with E-state index in [0.29, 0.717) is 24.7 Å². The van der Waals surface area contributed by atoms with Crippen molar-refractivity contribution >= 4 is 11.4 Å². The molecule has 1 aliphatic carbocycles. The minimum Gasteiger partial charge on any atom is -0.495 e. The van der Waals surface area contributed by atoms with Gasteiger partial charge in [-0.05, 0) is 68.3 Å². The molecule has 0 bridgehead atoms. The van der Waals surface area contributed by atoms with E-state index in [1.807, 2.05) is 6.07 Å². The van der Waals surface area contributed by atoms with E-state index >= 15 is 0 Å². The van der Waals surface area contributed by atoms with E-state index in [1.54, 1.807) is 30.7 Å². The zero-order valence-corrected chi connectivity index (χ0v) is 20.9. The fraction of sp³-hybridized carbons (Fsp3) is 0.519. The maximum atomic E-state index is 6.47. The highest BCUT2D eigenvalue weighted by Gasteiger charge is 2.44. The predicted molar refractivity (Wildman–Crippen MR) is 140 cm³/mol. The lowest BCUT2D eigenvalue weighted by molar-refractivity contribution is -0.131. The molecule has 0 spiro atoms. The molecule has 2 aromatic rings. The summed E-state index contributed by atoms with van der Waals surface area (Å²) in [4.78, 5) is 6.61. The number of benzene rings is 1. The van der Waals surface area contributed by atoms with Gasteiger partial charge in [0.15, 0.2) is 0 Å². The summed E-state index contributed by atoms with van der Waals surface area (Å²) in [6.07, 6.45) is 13.1.